The first kappa shape index (κ1) is 14.4. The highest BCUT2D eigenvalue weighted by atomic mass is 35.5. The first-order chi connectivity index (χ1) is 10.2. The van der Waals surface area contributed by atoms with E-state index >= 15 is 0 Å². The first-order valence-corrected chi connectivity index (χ1v) is 7.64. The Kier molecular flexibility index (Phi) is 4.17. The molecule has 21 heavy (non-hydrogen) atoms. The van der Waals surface area contributed by atoms with Crippen molar-refractivity contribution in [2.75, 3.05) is 7.11 Å². The molecule has 0 radical (unpaired) electrons. The van der Waals surface area contributed by atoms with Crippen molar-refractivity contribution >= 4 is 11.6 Å². The van der Waals surface area contributed by atoms with E-state index in [4.69, 9.17) is 16.3 Å². The number of aromatic nitrogens is 2. The van der Waals surface area contributed by atoms with Gasteiger partial charge < -0.3 is 9.84 Å². The molecule has 2 aromatic rings. The lowest BCUT2D eigenvalue weighted by molar-refractivity contribution is 0.0696. The quantitative estimate of drug-likeness (QED) is 0.941. The fraction of sp³-hybridized carbons (Fsp3) is 0.438. The standard InChI is InChI=1S/C16H19ClN2O2/c1-21-16-7-6-11(17)10-12(16)13-8-9-19(18-13)14-4-2-3-5-15(14)20/h6-10,14-15,20H,2-5H2,1H3/t14-,15+/m1/s1. The van der Waals surface area contributed by atoms with Crippen molar-refractivity contribution in [2.24, 2.45) is 0 Å². The fourth-order valence-corrected chi connectivity index (χ4v) is 3.12. The van der Waals surface area contributed by atoms with Gasteiger partial charge in [-0.2, -0.15) is 5.10 Å². The van der Waals surface area contributed by atoms with E-state index in [1.54, 1.807) is 13.2 Å². The van der Waals surface area contributed by atoms with E-state index < -0.39 is 0 Å². The Labute approximate surface area is 129 Å². The second-order valence-corrected chi connectivity index (χ2v) is 5.88. The Morgan fingerprint density at radius 1 is 1.29 bits per heavy atom. The summed E-state index contributed by atoms with van der Waals surface area (Å²) < 4.78 is 7.25. The van der Waals surface area contributed by atoms with Crippen LogP contribution in [0.2, 0.25) is 5.02 Å². The summed E-state index contributed by atoms with van der Waals surface area (Å²) in [7, 11) is 1.63. The average molecular weight is 307 g/mol. The van der Waals surface area contributed by atoms with Crippen LogP contribution in [0, 0.1) is 0 Å². The third-order valence-electron chi connectivity index (χ3n) is 4.08. The molecule has 1 saturated carbocycles. The molecule has 1 aliphatic rings. The summed E-state index contributed by atoms with van der Waals surface area (Å²) in [4.78, 5) is 0. The van der Waals surface area contributed by atoms with E-state index in [9.17, 15) is 5.11 Å². The molecule has 3 rings (SSSR count). The maximum Gasteiger partial charge on any atom is 0.128 e. The van der Waals surface area contributed by atoms with Crippen LogP contribution in [0.3, 0.4) is 0 Å². The van der Waals surface area contributed by atoms with Crippen LogP contribution >= 0.6 is 11.6 Å². The zero-order valence-electron chi connectivity index (χ0n) is 12.0. The molecular weight excluding hydrogens is 288 g/mol. The molecule has 1 N–H and O–H groups in total. The largest absolute Gasteiger partial charge is 0.496 e. The van der Waals surface area contributed by atoms with Crippen molar-refractivity contribution in [3.63, 3.8) is 0 Å². The van der Waals surface area contributed by atoms with Gasteiger partial charge in [-0.05, 0) is 37.1 Å². The molecule has 1 aromatic carbocycles. The highest BCUT2D eigenvalue weighted by Crippen LogP contribution is 2.33. The lowest BCUT2D eigenvalue weighted by atomic mass is 9.93. The van der Waals surface area contributed by atoms with Crippen molar-refractivity contribution < 1.29 is 9.84 Å². The Morgan fingerprint density at radius 2 is 2.10 bits per heavy atom. The van der Waals surface area contributed by atoms with Gasteiger partial charge in [0.05, 0.1) is 24.9 Å². The number of methoxy groups -OCH3 is 1. The Balaban J connectivity index is 1.93. The lowest BCUT2D eigenvalue weighted by Gasteiger charge is -2.27. The van der Waals surface area contributed by atoms with Crippen molar-refractivity contribution in [1.29, 1.82) is 0 Å². The van der Waals surface area contributed by atoms with Gasteiger partial charge in [0.2, 0.25) is 0 Å². The number of benzene rings is 1. The number of aliphatic hydroxyl groups excluding tert-OH is 1. The minimum Gasteiger partial charge on any atom is -0.496 e. The van der Waals surface area contributed by atoms with Gasteiger partial charge in [0, 0.05) is 16.8 Å². The van der Waals surface area contributed by atoms with Crippen LogP contribution in [0.1, 0.15) is 31.7 Å². The summed E-state index contributed by atoms with van der Waals surface area (Å²) >= 11 is 6.07. The predicted octanol–water partition coefficient (Wildman–Crippen LogP) is 3.69. The number of hydrogen-bond acceptors (Lipinski definition) is 3. The summed E-state index contributed by atoms with van der Waals surface area (Å²) in [5.41, 5.74) is 1.68. The van der Waals surface area contributed by atoms with Gasteiger partial charge in [0.25, 0.3) is 0 Å². The molecular formula is C16H19ClN2O2. The van der Waals surface area contributed by atoms with E-state index in [2.05, 4.69) is 5.10 Å². The monoisotopic (exact) mass is 306 g/mol. The first-order valence-electron chi connectivity index (χ1n) is 7.26. The van der Waals surface area contributed by atoms with Gasteiger partial charge in [-0.3, -0.25) is 4.68 Å². The van der Waals surface area contributed by atoms with Crippen LogP contribution in [0.25, 0.3) is 11.3 Å². The minimum atomic E-state index is -0.312. The van der Waals surface area contributed by atoms with Crippen LogP contribution in [0.4, 0.5) is 0 Å². The Hall–Kier alpha value is -1.52. The van der Waals surface area contributed by atoms with Gasteiger partial charge in [0.15, 0.2) is 0 Å². The summed E-state index contributed by atoms with van der Waals surface area (Å²) in [6.45, 7) is 0. The number of rotatable bonds is 3. The normalized spacial score (nSPS) is 22.2. The van der Waals surface area contributed by atoms with Gasteiger partial charge in [-0.25, -0.2) is 0 Å². The zero-order chi connectivity index (χ0) is 14.8. The third-order valence-corrected chi connectivity index (χ3v) is 4.31. The van der Waals surface area contributed by atoms with Crippen molar-refractivity contribution in [3.8, 4) is 17.0 Å². The number of aliphatic hydroxyl groups is 1. The van der Waals surface area contributed by atoms with Crippen LogP contribution in [-0.4, -0.2) is 28.1 Å². The molecule has 2 atom stereocenters. The molecule has 0 saturated heterocycles. The smallest absolute Gasteiger partial charge is 0.128 e. The fourth-order valence-electron chi connectivity index (χ4n) is 2.95. The van der Waals surface area contributed by atoms with Crippen molar-refractivity contribution in [2.45, 2.75) is 37.8 Å². The SMILES string of the molecule is COc1ccc(Cl)cc1-c1ccn([C@@H]2CCCC[C@@H]2O)n1. The summed E-state index contributed by atoms with van der Waals surface area (Å²) in [6.07, 6.45) is 5.66. The van der Waals surface area contributed by atoms with Gasteiger partial charge in [-0.1, -0.05) is 24.4 Å². The Bertz CT molecular complexity index is 626. The Morgan fingerprint density at radius 3 is 2.86 bits per heavy atom. The molecule has 0 bridgehead atoms. The summed E-state index contributed by atoms with van der Waals surface area (Å²) in [5, 5.41) is 15.4. The van der Waals surface area contributed by atoms with E-state index in [0.29, 0.717) is 5.02 Å². The maximum absolute atomic E-state index is 10.1. The lowest BCUT2D eigenvalue weighted by Crippen LogP contribution is -2.27. The molecule has 4 nitrogen and oxygen atoms in total. The van der Waals surface area contributed by atoms with Crippen LogP contribution in [0.15, 0.2) is 30.5 Å². The highest BCUT2D eigenvalue weighted by molar-refractivity contribution is 6.30. The van der Waals surface area contributed by atoms with Crippen LogP contribution in [-0.2, 0) is 0 Å². The van der Waals surface area contributed by atoms with E-state index in [1.807, 2.05) is 29.1 Å². The maximum atomic E-state index is 10.1. The zero-order valence-corrected chi connectivity index (χ0v) is 12.8. The van der Waals surface area contributed by atoms with E-state index in [1.165, 1.54) is 0 Å². The molecule has 1 heterocycles. The topological polar surface area (TPSA) is 47.3 Å². The van der Waals surface area contributed by atoms with E-state index in [-0.39, 0.29) is 12.1 Å². The van der Waals surface area contributed by atoms with Crippen LogP contribution in [0.5, 0.6) is 5.75 Å². The molecule has 0 amide bonds. The van der Waals surface area contributed by atoms with E-state index in [0.717, 1.165) is 42.7 Å². The van der Waals surface area contributed by atoms with Crippen molar-refractivity contribution in [3.05, 3.63) is 35.5 Å². The molecule has 1 fully saturated rings. The summed E-state index contributed by atoms with van der Waals surface area (Å²) in [6, 6.07) is 7.50. The van der Waals surface area contributed by atoms with Gasteiger partial charge in [-0.15, -0.1) is 0 Å². The molecule has 1 aliphatic carbocycles. The van der Waals surface area contributed by atoms with Crippen LogP contribution < -0.4 is 4.74 Å². The number of ether oxygens (including phenoxy) is 1. The molecule has 0 unspecified atom stereocenters. The minimum absolute atomic E-state index is 0.0673. The van der Waals surface area contributed by atoms with Gasteiger partial charge in [0.1, 0.15) is 5.75 Å². The molecule has 0 spiro atoms. The van der Waals surface area contributed by atoms with Crippen molar-refractivity contribution in [1.82, 2.24) is 9.78 Å². The molecule has 1 aromatic heterocycles. The predicted molar refractivity (Wildman–Crippen MR) is 82.7 cm³/mol. The highest BCUT2D eigenvalue weighted by Gasteiger charge is 2.25. The number of hydrogen-bond donors (Lipinski definition) is 1. The number of nitrogens with zero attached hydrogens (tertiary/aromatic N) is 2. The average Bonchev–Trinajstić information content (AvgIpc) is 2.97. The second kappa shape index (κ2) is 6.08. The molecule has 0 aliphatic heterocycles. The molecule has 5 heteroatoms. The second-order valence-electron chi connectivity index (χ2n) is 5.44. The third kappa shape index (κ3) is 2.92. The summed E-state index contributed by atoms with van der Waals surface area (Å²) in [5.74, 6) is 0.744. The van der Waals surface area contributed by atoms with Gasteiger partial charge >= 0.3 is 0 Å². The molecule has 112 valence electrons. The number of halogens is 1.